The number of aromatic nitrogens is 4. The molecule has 0 aliphatic heterocycles. The van der Waals surface area contributed by atoms with Gasteiger partial charge in [-0.15, -0.1) is 5.10 Å². The van der Waals surface area contributed by atoms with E-state index in [2.05, 4.69) is 15.5 Å². The van der Waals surface area contributed by atoms with Crippen LogP contribution < -0.4 is 0 Å². The standard InChI is InChI=1S/C14H18N4O2/c1-10(2)8-12(14(19)20)9-18-13(15-16-17-18)11-6-4-3-5-7-11/h3-7,10,12H,8-9H2,1-2H3,(H,19,20). The predicted octanol–water partition coefficient (Wildman–Crippen LogP) is 2.09. The Labute approximate surface area is 117 Å². The van der Waals surface area contributed by atoms with Crippen LogP contribution in [0.15, 0.2) is 30.3 Å². The SMILES string of the molecule is CC(C)CC(Cn1nnnc1-c1ccccc1)C(=O)O. The molecule has 1 N–H and O–H groups in total. The van der Waals surface area contributed by atoms with Crippen molar-refractivity contribution in [2.24, 2.45) is 11.8 Å². The van der Waals surface area contributed by atoms with Gasteiger partial charge >= 0.3 is 5.97 Å². The van der Waals surface area contributed by atoms with Crippen molar-refractivity contribution in [3.63, 3.8) is 0 Å². The molecule has 2 aromatic rings. The summed E-state index contributed by atoms with van der Waals surface area (Å²) < 4.78 is 1.57. The molecule has 0 fully saturated rings. The van der Waals surface area contributed by atoms with Crippen LogP contribution in [0.5, 0.6) is 0 Å². The van der Waals surface area contributed by atoms with Crippen LogP contribution in [0.1, 0.15) is 20.3 Å². The average molecular weight is 274 g/mol. The Morgan fingerprint density at radius 3 is 2.60 bits per heavy atom. The average Bonchev–Trinajstić information content (AvgIpc) is 2.86. The number of carboxylic acids is 1. The summed E-state index contributed by atoms with van der Waals surface area (Å²) in [6.45, 7) is 4.30. The van der Waals surface area contributed by atoms with Crippen LogP contribution in [0.3, 0.4) is 0 Å². The molecule has 1 aromatic carbocycles. The van der Waals surface area contributed by atoms with Gasteiger partial charge in [0.1, 0.15) is 0 Å². The molecule has 0 amide bonds. The topological polar surface area (TPSA) is 80.9 Å². The van der Waals surface area contributed by atoms with Gasteiger partial charge in [-0.3, -0.25) is 4.79 Å². The van der Waals surface area contributed by atoms with Crippen LogP contribution >= 0.6 is 0 Å². The smallest absolute Gasteiger partial charge is 0.308 e. The number of hydrogen-bond acceptors (Lipinski definition) is 4. The first kappa shape index (κ1) is 14.2. The van der Waals surface area contributed by atoms with Gasteiger partial charge < -0.3 is 5.11 Å². The third-order valence-corrected chi connectivity index (χ3v) is 3.06. The molecule has 106 valence electrons. The number of carboxylic acid groups (broad SMARTS) is 1. The molecule has 6 heteroatoms. The highest BCUT2D eigenvalue weighted by atomic mass is 16.4. The summed E-state index contributed by atoms with van der Waals surface area (Å²) in [6.07, 6.45) is 0.601. The Bertz CT molecular complexity index is 566. The third-order valence-electron chi connectivity index (χ3n) is 3.06. The van der Waals surface area contributed by atoms with Crippen LogP contribution in [0, 0.1) is 11.8 Å². The van der Waals surface area contributed by atoms with E-state index in [0.29, 0.717) is 18.2 Å². The summed E-state index contributed by atoms with van der Waals surface area (Å²) in [5, 5.41) is 20.9. The fourth-order valence-electron chi connectivity index (χ4n) is 2.15. The number of benzene rings is 1. The highest BCUT2D eigenvalue weighted by Gasteiger charge is 2.22. The second kappa shape index (κ2) is 6.27. The molecule has 0 radical (unpaired) electrons. The largest absolute Gasteiger partial charge is 0.481 e. The first-order valence-corrected chi connectivity index (χ1v) is 6.62. The minimum Gasteiger partial charge on any atom is -0.481 e. The molecule has 0 saturated carbocycles. The van der Waals surface area contributed by atoms with E-state index < -0.39 is 11.9 Å². The zero-order valence-electron chi connectivity index (χ0n) is 11.6. The highest BCUT2D eigenvalue weighted by Crippen LogP contribution is 2.19. The van der Waals surface area contributed by atoms with Gasteiger partial charge in [0.15, 0.2) is 5.82 Å². The van der Waals surface area contributed by atoms with Crippen LogP contribution in [0.2, 0.25) is 0 Å². The molecule has 0 aliphatic carbocycles. The van der Waals surface area contributed by atoms with Crippen LogP contribution in [0.4, 0.5) is 0 Å². The molecule has 1 unspecified atom stereocenters. The second-order valence-corrected chi connectivity index (χ2v) is 5.22. The van der Waals surface area contributed by atoms with Crippen molar-refractivity contribution in [1.29, 1.82) is 0 Å². The number of tetrazole rings is 1. The fraction of sp³-hybridized carbons (Fsp3) is 0.429. The lowest BCUT2D eigenvalue weighted by Gasteiger charge is -2.15. The molecular formula is C14H18N4O2. The van der Waals surface area contributed by atoms with Crippen molar-refractivity contribution in [3.8, 4) is 11.4 Å². The van der Waals surface area contributed by atoms with E-state index in [1.54, 1.807) is 4.68 Å². The van der Waals surface area contributed by atoms with E-state index in [4.69, 9.17) is 0 Å². The third kappa shape index (κ3) is 3.40. The number of nitrogens with zero attached hydrogens (tertiary/aromatic N) is 4. The molecule has 1 atom stereocenters. The van der Waals surface area contributed by atoms with Gasteiger partial charge in [-0.1, -0.05) is 44.2 Å². The molecule has 1 aromatic heterocycles. The summed E-state index contributed by atoms with van der Waals surface area (Å²) >= 11 is 0. The Morgan fingerprint density at radius 1 is 1.30 bits per heavy atom. The molecular weight excluding hydrogens is 256 g/mol. The Balaban J connectivity index is 2.22. The van der Waals surface area contributed by atoms with E-state index in [1.165, 1.54) is 0 Å². The van der Waals surface area contributed by atoms with Gasteiger partial charge in [0.2, 0.25) is 0 Å². The Hall–Kier alpha value is -2.24. The lowest BCUT2D eigenvalue weighted by Crippen LogP contribution is -2.23. The van der Waals surface area contributed by atoms with Gasteiger partial charge in [0, 0.05) is 5.56 Å². The number of aliphatic carboxylic acids is 1. The van der Waals surface area contributed by atoms with Crippen molar-refractivity contribution in [2.45, 2.75) is 26.8 Å². The molecule has 1 heterocycles. The van der Waals surface area contributed by atoms with Gasteiger partial charge in [0.25, 0.3) is 0 Å². The number of hydrogen-bond donors (Lipinski definition) is 1. The van der Waals surface area contributed by atoms with Crippen molar-refractivity contribution >= 4 is 5.97 Å². The van der Waals surface area contributed by atoms with Crippen molar-refractivity contribution in [3.05, 3.63) is 30.3 Å². The Morgan fingerprint density at radius 2 is 2.00 bits per heavy atom. The maximum Gasteiger partial charge on any atom is 0.308 e. The summed E-state index contributed by atoms with van der Waals surface area (Å²) in [7, 11) is 0. The van der Waals surface area contributed by atoms with Crippen molar-refractivity contribution in [2.75, 3.05) is 0 Å². The zero-order chi connectivity index (χ0) is 14.5. The van der Waals surface area contributed by atoms with Gasteiger partial charge in [-0.05, 0) is 22.8 Å². The molecule has 2 rings (SSSR count). The maximum atomic E-state index is 11.3. The van der Waals surface area contributed by atoms with E-state index in [-0.39, 0.29) is 6.54 Å². The first-order valence-electron chi connectivity index (χ1n) is 6.62. The maximum absolute atomic E-state index is 11.3. The van der Waals surface area contributed by atoms with E-state index in [9.17, 15) is 9.90 Å². The van der Waals surface area contributed by atoms with Gasteiger partial charge in [-0.2, -0.15) is 0 Å². The van der Waals surface area contributed by atoms with Gasteiger partial charge in [0.05, 0.1) is 12.5 Å². The summed E-state index contributed by atoms with van der Waals surface area (Å²) in [4.78, 5) is 11.3. The second-order valence-electron chi connectivity index (χ2n) is 5.22. The van der Waals surface area contributed by atoms with Crippen molar-refractivity contribution < 1.29 is 9.90 Å². The lowest BCUT2D eigenvalue weighted by atomic mass is 9.97. The molecule has 0 spiro atoms. The van der Waals surface area contributed by atoms with Crippen molar-refractivity contribution in [1.82, 2.24) is 20.2 Å². The van der Waals surface area contributed by atoms with E-state index in [0.717, 1.165) is 5.56 Å². The molecule has 0 saturated heterocycles. The molecule has 0 aliphatic rings. The lowest BCUT2D eigenvalue weighted by molar-refractivity contribution is -0.142. The molecule has 20 heavy (non-hydrogen) atoms. The number of rotatable bonds is 6. The summed E-state index contributed by atoms with van der Waals surface area (Å²) in [5.41, 5.74) is 0.881. The normalized spacial score (nSPS) is 12.6. The monoisotopic (exact) mass is 274 g/mol. The van der Waals surface area contributed by atoms with Gasteiger partial charge in [-0.25, -0.2) is 4.68 Å². The van der Waals surface area contributed by atoms with Crippen LogP contribution in [-0.4, -0.2) is 31.3 Å². The number of carbonyl (C=O) groups is 1. The first-order chi connectivity index (χ1) is 9.58. The quantitative estimate of drug-likeness (QED) is 0.872. The predicted molar refractivity (Wildman–Crippen MR) is 73.8 cm³/mol. The summed E-state index contributed by atoms with van der Waals surface area (Å²) in [5.74, 6) is -0.387. The molecule has 6 nitrogen and oxygen atoms in total. The highest BCUT2D eigenvalue weighted by molar-refractivity contribution is 5.70. The minimum absolute atomic E-state index is 0.282. The van der Waals surface area contributed by atoms with E-state index in [1.807, 2.05) is 44.2 Å². The summed E-state index contributed by atoms with van der Waals surface area (Å²) in [6, 6.07) is 9.52. The van der Waals surface area contributed by atoms with E-state index >= 15 is 0 Å². The van der Waals surface area contributed by atoms with Crippen LogP contribution in [-0.2, 0) is 11.3 Å². The zero-order valence-corrected chi connectivity index (χ0v) is 11.6. The minimum atomic E-state index is -0.812. The fourth-order valence-corrected chi connectivity index (χ4v) is 2.15. The Kier molecular flexibility index (Phi) is 4.45. The van der Waals surface area contributed by atoms with Crippen LogP contribution in [0.25, 0.3) is 11.4 Å². The molecule has 0 bridgehead atoms.